The number of aliphatic carboxylic acids is 1. The van der Waals surface area contributed by atoms with E-state index in [-0.39, 0.29) is 18.4 Å². The summed E-state index contributed by atoms with van der Waals surface area (Å²) in [6.45, 7) is 4.82. The topological polar surface area (TPSA) is 70.5 Å². The highest BCUT2D eigenvalue weighted by atomic mass is 32.1. The van der Waals surface area contributed by atoms with Gasteiger partial charge in [-0.05, 0) is 25.7 Å². The number of nitrogens with zero attached hydrogens (tertiary/aromatic N) is 2. The first kappa shape index (κ1) is 15.9. The molecule has 0 radical (unpaired) electrons. The van der Waals surface area contributed by atoms with Crippen molar-refractivity contribution in [3.8, 4) is 0 Å². The van der Waals surface area contributed by atoms with Gasteiger partial charge in [-0.15, -0.1) is 11.3 Å². The number of rotatable bonds is 5. The van der Waals surface area contributed by atoms with Crippen LogP contribution in [0.25, 0.3) is 0 Å². The van der Waals surface area contributed by atoms with Crippen molar-refractivity contribution in [2.75, 3.05) is 6.54 Å². The Bertz CT molecular complexity index is 513. The molecule has 0 unspecified atom stereocenters. The fourth-order valence-corrected chi connectivity index (χ4v) is 3.47. The molecule has 0 bridgehead atoms. The Balaban J connectivity index is 2.08. The minimum absolute atomic E-state index is 0.0338. The summed E-state index contributed by atoms with van der Waals surface area (Å²) in [5, 5.41) is 11.6. The van der Waals surface area contributed by atoms with E-state index in [1.54, 1.807) is 0 Å². The number of carboxylic acid groups (broad SMARTS) is 1. The van der Waals surface area contributed by atoms with Gasteiger partial charge in [0, 0.05) is 30.3 Å². The molecule has 1 aromatic rings. The number of likely N-dealkylation sites (tertiary alicyclic amines) is 1. The molecule has 0 aromatic carbocycles. The molecule has 1 fully saturated rings. The molecule has 1 amide bonds. The second-order valence-electron chi connectivity index (χ2n) is 5.81. The van der Waals surface area contributed by atoms with Crippen molar-refractivity contribution in [2.45, 2.75) is 57.9 Å². The van der Waals surface area contributed by atoms with Gasteiger partial charge >= 0.3 is 5.97 Å². The van der Waals surface area contributed by atoms with Gasteiger partial charge in [0.25, 0.3) is 5.91 Å². The monoisotopic (exact) mass is 310 g/mol. The van der Waals surface area contributed by atoms with E-state index < -0.39 is 5.97 Å². The highest BCUT2D eigenvalue weighted by molar-refractivity contribution is 7.09. The molecule has 5 nitrogen and oxygen atoms in total. The summed E-state index contributed by atoms with van der Waals surface area (Å²) in [6.07, 6.45) is 3.57. The van der Waals surface area contributed by atoms with Crippen molar-refractivity contribution in [3.05, 3.63) is 16.1 Å². The van der Waals surface area contributed by atoms with E-state index >= 15 is 0 Å². The van der Waals surface area contributed by atoms with Gasteiger partial charge in [-0.25, -0.2) is 4.98 Å². The Morgan fingerprint density at radius 3 is 2.86 bits per heavy atom. The number of carbonyl (C=O) groups excluding carboxylic acids is 1. The second-order valence-corrected chi connectivity index (χ2v) is 6.70. The lowest BCUT2D eigenvalue weighted by Gasteiger charge is -2.35. The third-order valence-corrected chi connectivity index (χ3v) is 4.96. The summed E-state index contributed by atoms with van der Waals surface area (Å²) in [5.41, 5.74) is 0.505. The average molecular weight is 310 g/mol. The maximum absolute atomic E-state index is 12.6. The first-order chi connectivity index (χ1) is 9.99. The summed E-state index contributed by atoms with van der Waals surface area (Å²) < 4.78 is 0. The van der Waals surface area contributed by atoms with Crippen LogP contribution in [0.2, 0.25) is 0 Å². The number of piperidine rings is 1. The number of aromatic nitrogens is 1. The van der Waals surface area contributed by atoms with Crippen molar-refractivity contribution < 1.29 is 14.7 Å². The molecule has 1 N–H and O–H groups in total. The third kappa shape index (κ3) is 4.03. The third-order valence-electron chi connectivity index (χ3n) is 3.81. The SMILES string of the molecule is CC(C)c1nc(C(=O)N2CCCC[C@@H]2CCC(=O)O)cs1. The van der Waals surface area contributed by atoms with Crippen LogP contribution in [0.5, 0.6) is 0 Å². The van der Waals surface area contributed by atoms with Crippen molar-refractivity contribution in [1.29, 1.82) is 0 Å². The van der Waals surface area contributed by atoms with Crippen LogP contribution in [-0.4, -0.2) is 39.5 Å². The van der Waals surface area contributed by atoms with E-state index in [1.807, 2.05) is 10.3 Å². The minimum Gasteiger partial charge on any atom is -0.481 e. The van der Waals surface area contributed by atoms with E-state index in [0.717, 1.165) is 24.3 Å². The minimum atomic E-state index is -0.802. The largest absolute Gasteiger partial charge is 0.481 e. The van der Waals surface area contributed by atoms with Gasteiger partial charge in [-0.1, -0.05) is 13.8 Å². The van der Waals surface area contributed by atoms with Gasteiger partial charge in [0.2, 0.25) is 0 Å². The maximum atomic E-state index is 12.6. The lowest BCUT2D eigenvalue weighted by Crippen LogP contribution is -2.44. The van der Waals surface area contributed by atoms with Crippen LogP contribution in [0, 0.1) is 0 Å². The quantitative estimate of drug-likeness (QED) is 0.907. The molecule has 1 aliphatic heterocycles. The lowest BCUT2D eigenvalue weighted by atomic mass is 9.97. The fraction of sp³-hybridized carbons (Fsp3) is 0.667. The second kappa shape index (κ2) is 7.02. The van der Waals surface area contributed by atoms with Gasteiger partial charge in [0.1, 0.15) is 5.69 Å². The first-order valence-electron chi connectivity index (χ1n) is 7.47. The zero-order chi connectivity index (χ0) is 15.4. The highest BCUT2D eigenvalue weighted by Crippen LogP contribution is 2.25. The predicted octanol–water partition coefficient (Wildman–Crippen LogP) is 3.13. The molecular weight excluding hydrogens is 288 g/mol. The van der Waals surface area contributed by atoms with Crippen LogP contribution < -0.4 is 0 Å². The van der Waals surface area contributed by atoms with Gasteiger partial charge in [-0.2, -0.15) is 0 Å². The number of carbonyl (C=O) groups is 2. The number of thiazole rings is 1. The highest BCUT2D eigenvalue weighted by Gasteiger charge is 2.29. The molecule has 2 rings (SSSR count). The van der Waals surface area contributed by atoms with Crippen LogP contribution in [0.4, 0.5) is 0 Å². The zero-order valence-corrected chi connectivity index (χ0v) is 13.4. The molecule has 21 heavy (non-hydrogen) atoms. The molecule has 1 aliphatic rings. The van der Waals surface area contributed by atoms with Crippen molar-refractivity contribution in [3.63, 3.8) is 0 Å². The van der Waals surface area contributed by atoms with E-state index in [4.69, 9.17) is 5.11 Å². The molecule has 0 saturated carbocycles. The number of hydrogen-bond acceptors (Lipinski definition) is 4. The number of amides is 1. The van der Waals surface area contributed by atoms with Crippen LogP contribution in [0.1, 0.15) is 67.4 Å². The van der Waals surface area contributed by atoms with Crippen molar-refractivity contribution in [1.82, 2.24) is 9.88 Å². The van der Waals surface area contributed by atoms with Crippen LogP contribution in [0.15, 0.2) is 5.38 Å². The average Bonchev–Trinajstić information content (AvgIpc) is 2.94. The molecule has 0 aliphatic carbocycles. The smallest absolute Gasteiger partial charge is 0.303 e. The molecule has 1 saturated heterocycles. The van der Waals surface area contributed by atoms with Gasteiger partial charge in [-0.3, -0.25) is 9.59 Å². The Labute approximate surface area is 129 Å². The van der Waals surface area contributed by atoms with E-state index in [1.165, 1.54) is 11.3 Å². The maximum Gasteiger partial charge on any atom is 0.303 e. The normalized spacial score (nSPS) is 19.0. The van der Waals surface area contributed by atoms with Crippen molar-refractivity contribution >= 4 is 23.2 Å². The molecule has 6 heteroatoms. The molecule has 1 atom stereocenters. The van der Waals surface area contributed by atoms with Gasteiger partial charge < -0.3 is 10.0 Å². The zero-order valence-electron chi connectivity index (χ0n) is 12.5. The van der Waals surface area contributed by atoms with Crippen LogP contribution >= 0.6 is 11.3 Å². The molecule has 0 spiro atoms. The predicted molar refractivity (Wildman–Crippen MR) is 81.7 cm³/mol. The molecule has 2 heterocycles. The number of hydrogen-bond donors (Lipinski definition) is 1. The van der Waals surface area contributed by atoms with E-state index in [2.05, 4.69) is 18.8 Å². The lowest BCUT2D eigenvalue weighted by molar-refractivity contribution is -0.137. The summed E-state index contributed by atoms with van der Waals surface area (Å²) in [6, 6.07) is 0.0338. The standard InChI is InChI=1S/C15H22N2O3S/c1-10(2)14-16-12(9-21-14)15(20)17-8-4-3-5-11(17)6-7-13(18)19/h9-11H,3-8H2,1-2H3,(H,18,19)/t11-/m1/s1. The number of carboxylic acids is 1. The molecule has 116 valence electrons. The summed E-state index contributed by atoms with van der Waals surface area (Å²) in [4.78, 5) is 29.6. The Morgan fingerprint density at radius 1 is 1.48 bits per heavy atom. The van der Waals surface area contributed by atoms with Crippen molar-refractivity contribution in [2.24, 2.45) is 0 Å². The van der Waals surface area contributed by atoms with Gasteiger partial charge in [0.15, 0.2) is 0 Å². The molecule has 1 aromatic heterocycles. The summed E-state index contributed by atoms with van der Waals surface area (Å²) >= 11 is 1.52. The van der Waals surface area contributed by atoms with Gasteiger partial charge in [0.05, 0.1) is 5.01 Å². The Kier molecular flexibility index (Phi) is 5.33. The first-order valence-corrected chi connectivity index (χ1v) is 8.35. The van der Waals surface area contributed by atoms with Crippen LogP contribution in [0.3, 0.4) is 0 Å². The molecular formula is C15H22N2O3S. The Hall–Kier alpha value is -1.43. The van der Waals surface area contributed by atoms with Crippen LogP contribution in [-0.2, 0) is 4.79 Å². The Morgan fingerprint density at radius 2 is 2.24 bits per heavy atom. The summed E-state index contributed by atoms with van der Waals surface area (Å²) in [7, 11) is 0. The van der Waals surface area contributed by atoms with E-state index in [9.17, 15) is 9.59 Å². The summed E-state index contributed by atoms with van der Waals surface area (Å²) in [5.74, 6) is -0.530. The van der Waals surface area contributed by atoms with E-state index in [0.29, 0.717) is 24.6 Å². The fourth-order valence-electron chi connectivity index (χ4n) is 2.66.